The Kier molecular flexibility index (Phi) is 5.28. The zero-order valence-electron chi connectivity index (χ0n) is 12.8. The van der Waals surface area contributed by atoms with Crippen molar-refractivity contribution in [2.75, 3.05) is 6.54 Å². The summed E-state index contributed by atoms with van der Waals surface area (Å²) in [5, 5.41) is 2.75. The van der Waals surface area contributed by atoms with E-state index in [1.54, 1.807) is 0 Å². The van der Waals surface area contributed by atoms with Gasteiger partial charge in [-0.1, -0.05) is 25.1 Å². The van der Waals surface area contributed by atoms with Gasteiger partial charge >= 0.3 is 6.18 Å². The molecule has 1 heterocycles. The molecule has 1 atom stereocenters. The maximum absolute atomic E-state index is 13.0. The van der Waals surface area contributed by atoms with Crippen LogP contribution in [0, 0.1) is 0 Å². The number of carbonyl (C=O) groups is 2. The van der Waals surface area contributed by atoms with Crippen molar-refractivity contribution < 1.29 is 22.8 Å². The highest BCUT2D eigenvalue weighted by molar-refractivity contribution is 5.82. The number of rotatable bonds is 5. The van der Waals surface area contributed by atoms with Gasteiger partial charge < -0.3 is 10.2 Å². The summed E-state index contributed by atoms with van der Waals surface area (Å²) in [6.07, 6.45) is -3.24. The molecule has 1 N–H and O–H groups in total. The van der Waals surface area contributed by atoms with E-state index in [0.717, 1.165) is 6.07 Å². The van der Waals surface area contributed by atoms with Gasteiger partial charge in [-0.25, -0.2) is 0 Å². The lowest BCUT2D eigenvalue weighted by molar-refractivity contribution is -0.139. The number of likely N-dealkylation sites (tertiary alicyclic amines) is 1. The van der Waals surface area contributed by atoms with Crippen LogP contribution in [0.5, 0.6) is 0 Å². The van der Waals surface area contributed by atoms with E-state index in [1.165, 1.54) is 23.1 Å². The van der Waals surface area contributed by atoms with Crippen LogP contribution in [0.4, 0.5) is 13.2 Å². The maximum Gasteiger partial charge on any atom is 0.416 e. The number of amides is 2. The van der Waals surface area contributed by atoms with E-state index in [0.29, 0.717) is 12.8 Å². The van der Waals surface area contributed by atoms with Gasteiger partial charge in [0, 0.05) is 25.9 Å². The van der Waals surface area contributed by atoms with Crippen LogP contribution in [0.25, 0.3) is 0 Å². The third-order valence-corrected chi connectivity index (χ3v) is 3.74. The minimum atomic E-state index is -4.45. The number of carbonyl (C=O) groups excluding carboxylic acids is 2. The fraction of sp³-hybridized carbons (Fsp3) is 0.500. The first-order chi connectivity index (χ1) is 10.8. The number of halogens is 3. The second-order valence-electron chi connectivity index (χ2n) is 5.65. The van der Waals surface area contributed by atoms with Crippen molar-refractivity contribution >= 4 is 11.8 Å². The van der Waals surface area contributed by atoms with Crippen LogP contribution in [-0.2, 0) is 22.3 Å². The van der Waals surface area contributed by atoms with Gasteiger partial charge in [0.25, 0.3) is 0 Å². The summed E-state index contributed by atoms with van der Waals surface area (Å²) >= 11 is 0. The lowest BCUT2D eigenvalue weighted by Gasteiger charge is -2.20. The number of nitrogens with zero attached hydrogens (tertiary/aromatic N) is 1. The Morgan fingerprint density at radius 3 is 2.70 bits per heavy atom. The Morgan fingerprint density at radius 1 is 1.35 bits per heavy atom. The first-order valence-corrected chi connectivity index (χ1v) is 7.53. The third-order valence-electron chi connectivity index (χ3n) is 3.74. The molecule has 1 aliphatic heterocycles. The summed E-state index contributed by atoms with van der Waals surface area (Å²) in [6, 6.07) is 4.90. The molecule has 23 heavy (non-hydrogen) atoms. The molecule has 1 aliphatic rings. The Balaban J connectivity index is 2.04. The summed E-state index contributed by atoms with van der Waals surface area (Å²) in [4.78, 5) is 24.9. The van der Waals surface area contributed by atoms with Crippen LogP contribution >= 0.6 is 0 Å². The van der Waals surface area contributed by atoms with Crippen molar-refractivity contribution in [3.63, 3.8) is 0 Å². The predicted octanol–water partition coefficient (Wildman–Crippen LogP) is 2.72. The van der Waals surface area contributed by atoms with Gasteiger partial charge in [-0.3, -0.25) is 9.59 Å². The molecule has 0 radical (unpaired) electrons. The average molecular weight is 328 g/mol. The summed E-state index contributed by atoms with van der Waals surface area (Å²) in [5.74, 6) is -0.383. The third kappa shape index (κ3) is 4.46. The molecule has 0 aliphatic carbocycles. The molecule has 1 fully saturated rings. The van der Waals surface area contributed by atoms with E-state index in [-0.39, 0.29) is 42.9 Å². The molecule has 7 heteroatoms. The second kappa shape index (κ2) is 7.02. The van der Waals surface area contributed by atoms with E-state index in [2.05, 4.69) is 5.32 Å². The van der Waals surface area contributed by atoms with E-state index in [4.69, 9.17) is 0 Å². The van der Waals surface area contributed by atoms with E-state index >= 15 is 0 Å². The highest BCUT2D eigenvalue weighted by Crippen LogP contribution is 2.32. The molecule has 1 aromatic carbocycles. The van der Waals surface area contributed by atoms with E-state index in [1.807, 2.05) is 6.92 Å². The number of hydrogen-bond donors (Lipinski definition) is 1. The van der Waals surface area contributed by atoms with Crippen molar-refractivity contribution in [2.45, 2.75) is 44.9 Å². The summed E-state index contributed by atoms with van der Waals surface area (Å²) < 4.78 is 39.0. The minimum Gasteiger partial charge on any atom is -0.351 e. The molecule has 0 unspecified atom stereocenters. The van der Waals surface area contributed by atoms with E-state index < -0.39 is 11.7 Å². The number of benzene rings is 1. The minimum absolute atomic E-state index is 0.0638. The molecular formula is C16H19F3N2O2. The molecule has 126 valence electrons. The second-order valence-corrected chi connectivity index (χ2v) is 5.65. The van der Waals surface area contributed by atoms with Crippen LogP contribution in [0.1, 0.15) is 37.3 Å². The van der Waals surface area contributed by atoms with Gasteiger partial charge in [-0.2, -0.15) is 13.2 Å². The maximum atomic E-state index is 13.0. The summed E-state index contributed by atoms with van der Waals surface area (Å²) in [5.41, 5.74) is -0.667. The van der Waals surface area contributed by atoms with Crippen LogP contribution in [0.15, 0.2) is 24.3 Å². The largest absolute Gasteiger partial charge is 0.416 e. The standard InChI is InChI=1S/C16H19F3N2O2/c1-2-5-14(22)20-12-8-15(23)21(10-12)9-11-6-3-4-7-13(11)16(17,18)19/h3-4,6-7,12H,2,5,8-10H2,1H3,(H,20,22)/t12-/m0/s1. The van der Waals surface area contributed by atoms with Gasteiger partial charge in [0.05, 0.1) is 11.6 Å². The van der Waals surface area contributed by atoms with Crippen LogP contribution in [0.3, 0.4) is 0 Å². The lowest BCUT2D eigenvalue weighted by atomic mass is 10.1. The van der Waals surface area contributed by atoms with Crippen molar-refractivity contribution in [3.05, 3.63) is 35.4 Å². The van der Waals surface area contributed by atoms with Crippen molar-refractivity contribution in [1.82, 2.24) is 10.2 Å². The van der Waals surface area contributed by atoms with Gasteiger partial charge in [-0.15, -0.1) is 0 Å². The molecular weight excluding hydrogens is 309 g/mol. The van der Waals surface area contributed by atoms with Crippen molar-refractivity contribution in [1.29, 1.82) is 0 Å². The molecule has 2 amide bonds. The molecule has 4 nitrogen and oxygen atoms in total. The van der Waals surface area contributed by atoms with Crippen LogP contribution in [-0.4, -0.2) is 29.3 Å². The molecule has 0 spiro atoms. The Bertz CT molecular complexity index is 587. The van der Waals surface area contributed by atoms with Crippen molar-refractivity contribution in [3.8, 4) is 0 Å². The Morgan fingerprint density at radius 2 is 2.04 bits per heavy atom. The Labute approximate surface area is 132 Å². The van der Waals surface area contributed by atoms with Crippen LogP contribution < -0.4 is 5.32 Å². The lowest BCUT2D eigenvalue weighted by Crippen LogP contribution is -2.36. The molecule has 1 aromatic rings. The van der Waals surface area contributed by atoms with Gasteiger partial charge in [0.15, 0.2) is 0 Å². The first kappa shape index (κ1) is 17.3. The molecule has 0 aromatic heterocycles. The zero-order chi connectivity index (χ0) is 17.0. The fourth-order valence-corrected chi connectivity index (χ4v) is 2.69. The predicted molar refractivity (Wildman–Crippen MR) is 78.3 cm³/mol. The SMILES string of the molecule is CCCC(=O)N[C@H]1CC(=O)N(Cc2ccccc2C(F)(F)F)C1. The molecule has 0 bridgehead atoms. The number of alkyl halides is 3. The molecule has 0 saturated carbocycles. The van der Waals surface area contributed by atoms with Gasteiger partial charge in [-0.05, 0) is 18.1 Å². The highest BCUT2D eigenvalue weighted by Gasteiger charge is 2.35. The van der Waals surface area contributed by atoms with Gasteiger partial charge in [0.1, 0.15) is 0 Å². The van der Waals surface area contributed by atoms with Gasteiger partial charge in [0.2, 0.25) is 11.8 Å². The number of nitrogens with one attached hydrogen (secondary N) is 1. The summed E-state index contributed by atoms with van der Waals surface area (Å²) in [6.45, 7) is 2.01. The van der Waals surface area contributed by atoms with E-state index in [9.17, 15) is 22.8 Å². The Hall–Kier alpha value is -2.05. The first-order valence-electron chi connectivity index (χ1n) is 7.53. The zero-order valence-corrected chi connectivity index (χ0v) is 12.8. The summed E-state index contributed by atoms with van der Waals surface area (Å²) in [7, 11) is 0. The molecule has 1 saturated heterocycles. The fourth-order valence-electron chi connectivity index (χ4n) is 2.69. The topological polar surface area (TPSA) is 49.4 Å². The smallest absolute Gasteiger partial charge is 0.351 e. The quantitative estimate of drug-likeness (QED) is 0.903. The average Bonchev–Trinajstić information content (AvgIpc) is 2.78. The normalized spacial score (nSPS) is 18.3. The molecule has 2 rings (SSSR count). The van der Waals surface area contributed by atoms with Crippen LogP contribution in [0.2, 0.25) is 0 Å². The monoisotopic (exact) mass is 328 g/mol. The highest BCUT2D eigenvalue weighted by atomic mass is 19.4. The van der Waals surface area contributed by atoms with Crippen molar-refractivity contribution in [2.24, 2.45) is 0 Å². The number of hydrogen-bond acceptors (Lipinski definition) is 2.